The third-order valence-corrected chi connectivity index (χ3v) is 3.80. The molecule has 0 amide bonds. The second-order valence-electron chi connectivity index (χ2n) is 4.57. The zero-order chi connectivity index (χ0) is 13.1. The largest absolute Gasteiger partial charge is 0.306 e. The maximum atomic E-state index is 4.35. The Bertz CT molecular complexity index is 516. The van der Waals surface area contributed by atoms with Crippen molar-refractivity contribution in [3.8, 4) is 0 Å². The first-order chi connectivity index (χ1) is 8.56. The molecular formula is C14H18IN3. The van der Waals surface area contributed by atoms with Gasteiger partial charge in [-0.05, 0) is 54.1 Å². The molecule has 1 atom stereocenters. The molecule has 18 heavy (non-hydrogen) atoms. The predicted molar refractivity (Wildman–Crippen MR) is 82.4 cm³/mol. The lowest BCUT2D eigenvalue weighted by Gasteiger charge is -2.14. The summed E-state index contributed by atoms with van der Waals surface area (Å²) in [5.41, 5.74) is 3.67. The van der Waals surface area contributed by atoms with E-state index in [1.807, 2.05) is 18.7 Å². The van der Waals surface area contributed by atoms with E-state index in [0.29, 0.717) is 6.04 Å². The summed E-state index contributed by atoms with van der Waals surface area (Å²) in [6, 6.07) is 8.99. The Kier molecular flexibility index (Phi) is 4.40. The highest BCUT2D eigenvalue weighted by molar-refractivity contribution is 14.1. The molecule has 1 aromatic heterocycles. The number of hydrogen-bond acceptors (Lipinski definition) is 2. The summed E-state index contributed by atoms with van der Waals surface area (Å²) in [4.78, 5) is 0. The van der Waals surface area contributed by atoms with Crippen molar-refractivity contribution in [2.24, 2.45) is 7.05 Å². The highest BCUT2D eigenvalue weighted by atomic mass is 127. The highest BCUT2D eigenvalue weighted by Gasteiger charge is 2.07. The molecule has 96 valence electrons. The van der Waals surface area contributed by atoms with Crippen molar-refractivity contribution in [3.05, 3.63) is 50.9 Å². The van der Waals surface area contributed by atoms with Crippen molar-refractivity contribution in [3.63, 3.8) is 0 Å². The molecule has 4 heteroatoms. The van der Waals surface area contributed by atoms with Gasteiger partial charge in [-0.1, -0.05) is 12.1 Å². The molecule has 1 N–H and O–H groups in total. The molecule has 3 nitrogen and oxygen atoms in total. The molecule has 1 aromatic carbocycles. The van der Waals surface area contributed by atoms with Crippen molar-refractivity contribution in [2.45, 2.75) is 26.4 Å². The predicted octanol–water partition coefficient (Wildman–Crippen LogP) is 3.18. The van der Waals surface area contributed by atoms with Gasteiger partial charge in [0, 0.05) is 35.0 Å². The summed E-state index contributed by atoms with van der Waals surface area (Å²) in [6.07, 6.45) is 2.07. The van der Waals surface area contributed by atoms with E-state index in [1.54, 1.807) is 0 Å². The fourth-order valence-electron chi connectivity index (χ4n) is 1.95. The topological polar surface area (TPSA) is 29.9 Å². The van der Waals surface area contributed by atoms with Gasteiger partial charge >= 0.3 is 0 Å². The summed E-state index contributed by atoms with van der Waals surface area (Å²) in [5.74, 6) is 0. The third-order valence-electron chi connectivity index (χ3n) is 3.08. The molecule has 0 bridgehead atoms. The van der Waals surface area contributed by atoms with Crippen LogP contribution in [0.15, 0.2) is 30.5 Å². The van der Waals surface area contributed by atoms with E-state index in [2.05, 4.69) is 70.4 Å². The number of nitrogens with one attached hydrogen (secondary N) is 1. The van der Waals surface area contributed by atoms with Gasteiger partial charge in [-0.3, -0.25) is 4.68 Å². The van der Waals surface area contributed by atoms with Gasteiger partial charge in [0.2, 0.25) is 0 Å². The Balaban J connectivity index is 1.98. The molecule has 2 rings (SSSR count). The number of halogens is 1. The van der Waals surface area contributed by atoms with Crippen molar-refractivity contribution in [1.29, 1.82) is 0 Å². The van der Waals surface area contributed by atoms with E-state index in [-0.39, 0.29) is 0 Å². The van der Waals surface area contributed by atoms with Gasteiger partial charge in [-0.25, -0.2) is 0 Å². The van der Waals surface area contributed by atoms with Gasteiger partial charge < -0.3 is 5.32 Å². The van der Waals surface area contributed by atoms with Crippen LogP contribution in [0.25, 0.3) is 0 Å². The van der Waals surface area contributed by atoms with Crippen LogP contribution < -0.4 is 5.32 Å². The van der Waals surface area contributed by atoms with E-state index in [0.717, 1.165) is 12.2 Å². The molecular weight excluding hydrogens is 337 g/mol. The van der Waals surface area contributed by atoms with Gasteiger partial charge in [0.15, 0.2) is 0 Å². The Morgan fingerprint density at radius 1 is 1.33 bits per heavy atom. The lowest BCUT2D eigenvalue weighted by Crippen LogP contribution is -2.18. The molecule has 0 spiro atoms. The van der Waals surface area contributed by atoms with Crippen LogP contribution in [0.3, 0.4) is 0 Å². The molecule has 0 saturated heterocycles. The molecule has 0 fully saturated rings. The van der Waals surface area contributed by atoms with Gasteiger partial charge in [0.1, 0.15) is 0 Å². The van der Waals surface area contributed by atoms with Crippen LogP contribution in [-0.2, 0) is 13.6 Å². The second-order valence-corrected chi connectivity index (χ2v) is 5.81. The van der Waals surface area contributed by atoms with Crippen LogP contribution in [0.2, 0.25) is 0 Å². The fraction of sp³-hybridized carbons (Fsp3) is 0.357. The van der Waals surface area contributed by atoms with Gasteiger partial charge in [0.25, 0.3) is 0 Å². The molecule has 0 aliphatic carbocycles. The normalized spacial score (nSPS) is 12.7. The highest BCUT2D eigenvalue weighted by Crippen LogP contribution is 2.15. The van der Waals surface area contributed by atoms with Gasteiger partial charge in [0.05, 0.1) is 5.69 Å². The number of aryl methyl sites for hydroxylation is 2. The van der Waals surface area contributed by atoms with Crippen LogP contribution in [0.5, 0.6) is 0 Å². The Hall–Kier alpha value is -0.880. The summed E-state index contributed by atoms with van der Waals surface area (Å²) in [5, 5.41) is 7.88. The van der Waals surface area contributed by atoms with Gasteiger partial charge in [-0.2, -0.15) is 5.10 Å². The maximum Gasteiger partial charge on any atom is 0.0638 e. The fourth-order valence-corrected chi connectivity index (χ4v) is 2.31. The summed E-state index contributed by atoms with van der Waals surface area (Å²) >= 11 is 2.33. The van der Waals surface area contributed by atoms with Gasteiger partial charge in [-0.15, -0.1) is 0 Å². The summed E-state index contributed by atoms with van der Waals surface area (Å²) in [7, 11) is 1.96. The Labute approximate surface area is 122 Å². The van der Waals surface area contributed by atoms with Crippen LogP contribution in [0.1, 0.15) is 29.8 Å². The molecule has 2 aromatic rings. The Morgan fingerprint density at radius 2 is 2.00 bits per heavy atom. The van der Waals surface area contributed by atoms with E-state index in [4.69, 9.17) is 0 Å². The van der Waals surface area contributed by atoms with E-state index >= 15 is 0 Å². The summed E-state index contributed by atoms with van der Waals surface area (Å²) < 4.78 is 3.13. The van der Waals surface area contributed by atoms with Crippen molar-refractivity contribution < 1.29 is 0 Å². The van der Waals surface area contributed by atoms with Crippen molar-refractivity contribution in [2.75, 3.05) is 0 Å². The molecule has 1 heterocycles. The van der Waals surface area contributed by atoms with Crippen molar-refractivity contribution >= 4 is 22.6 Å². The lowest BCUT2D eigenvalue weighted by atomic mass is 10.1. The minimum Gasteiger partial charge on any atom is -0.306 e. The average Bonchev–Trinajstić information content (AvgIpc) is 2.66. The number of rotatable bonds is 4. The smallest absolute Gasteiger partial charge is 0.0638 e. The first kappa shape index (κ1) is 13.5. The van der Waals surface area contributed by atoms with Crippen LogP contribution >= 0.6 is 22.6 Å². The minimum atomic E-state index is 0.349. The lowest BCUT2D eigenvalue weighted by molar-refractivity contribution is 0.573. The molecule has 0 aliphatic rings. The van der Waals surface area contributed by atoms with E-state index in [9.17, 15) is 0 Å². The zero-order valence-corrected chi connectivity index (χ0v) is 13.1. The minimum absolute atomic E-state index is 0.349. The first-order valence-electron chi connectivity index (χ1n) is 6.04. The quantitative estimate of drug-likeness (QED) is 0.854. The van der Waals surface area contributed by atoms with Crippen LogP contribution in [0, 0.1) is 10.5 Å². The number of benzene rings is 1. The zero-order valence-electron chi connectivity index (χ0n) is 10.9. The monoisotopic (exact) mass is 355 g/mol. The summed E-state index contributed by atoms with van der Waals surface area (Å²) in [6.45, 7) is 5.09. The second kappa shape index (κ2) is 5.84. The van der Waals surface area contributed by atoms with E-state index in [1.165, 1.54) is 14.7 Å². The average molecular weight is 355 g/mol. The molecule has 1 unspecified atom stereocenters. The maximum absolute atomic E-state index is 4.35. The standard InChI is InChI=1S/C14H18IN3/c1-10(12-4-6-14(15)7-5-12)16-8-13-9-18(3)17-11(13)2/h4-7,9-10,16H,8H2,1-3H3. The third kappa shape index (κ3) is 3.32. The number of nitrogens with zero attached hydrogens (tertiary/aromatic N) is 2. The first-order valence-corrected chi connectivity index (χ1v) is 7.12. The number of aromatic nitrogens is 2. The van der Waals surface area contributed by atoms with Crippen molar-refractivity contribution in [1.82, 2.24) is 15.1 Å². The van der Waals surface area contributed by atoms with E-state index < -0.39 is 0 Å². The molecule has 0 radical (unpaired) electrons. The van der Waals surface area contributed by atoms with Crippen LogP contribution in [0.4, 0.5) is 0 Å². The Morgan fingerprint density at radius 3 is 2.56 bits per heavy atom. The van der Waals surface area contributed by atoms with Crippen LogP contribution in [-0.4, -0.2) is 9.78 Å². The number of hydrogen-bond donors (Lipinski definition) is 1. The molecule has 0 aliphatic heterocycles. The molecule has 0 saturated carbocycles. The SMILES string of the molecule is Cc1nn(C)cc1CNC(C)c1ccc(I)cc1.